The summed E-state index contributed by atoms with van der Waals surface area (Å²) in [6, 6.07) is 7.59. The van der Waals surface area contributed by atoms with Crippen LogP contribution in [0.15, 0.2) is 18.2 Å². The number of para-hydroxylation sites is 1. The van der Waals surface area contributed by atoms with Gasteiger partial charge < -0.3 is 10.0 Å². The van der Waals surface area contributed by atoms with Gasteiger partial charge in [-0.15, -0.1) is 0 Å². The van der Waals surface area contributed by atoms with E-state index >= 15 is 0 Å². The van der Waals surface area contributed by atoms with Gasteiger partial charge in [-0.3, -0.25) is 0 Å². The molecule has 1 aromatic carbocycles. The largest absolute Gasteiger partial charge is 0.396 e. The average molecular weight is 251 g/mol. The van der Waals surface area contributed by atoms with Crippen LogP contribution in [-0.2, 0) is 0 Å². The third-order valence-electron chi connectivity index (χ3n) is 3.25. The van der Waals surface area contributed by atoms with Crippen LogP contribution in [0.1, 0.15) is 18.4 Å². The maximum atomic E-state index is 9.10. The zero-order valence-corrected chi connectivity index (χ0v) is 10.3. The van der Waals surface area contributed by atoms with Crippen molar-refractivity contribution in [2.45, 2.75) is 12.8 Å². The van der Waals surface area contributed by atoms with Gasteiger partial charge in [0.05, 0.1) is 16.3 Å². The first-order valence-corrected chi connectivity index (χ1v) is 6.18. The third-order valence-corrected chi connectivity index (χ3v) is 3.55. The Hall–Kier alpha value is -1.24. The van der Waals surface area contributed by atoms with Crippen LogP contribution in [0.3, 0.4) is 0 Å². The Kier molecular flexibility index (Phi) is 3.88. The molecule has 1 unspecified atom stereocenters. The second kappa shape index (κ2) is 5.39. The predicted molar refractivity (Wildman–Crippen MR) is 68.2 cm³/mol. The van der Waals surface area contributed by atoms with Crippen LogP contribution in [0.2, 0.25) is 5.02 Å². The highest BCUT2D eigenvalue weighted by molar-refractivity contribution is 6.33. The number of aliphatic hydroxyl groups excluding tert-OH is 1. The summed E-state index contributed by atoms with van der Waals surface area (Å²) in [7, 11) is 0. The second-order valence-corrected chi connectivity index (χ2v) is 4.77. The quantitative estimate of drug-likeness (QED) is 0.896. The smallest absolute Gasteiger partial charge is 0.101 e. The lowest BCUT2D eigenvalue weighted by molar-refractivity contribution is 0.263. The van der Waals surface area contributed by atoms with Crippen LogP contribution in [-0.4, -0.2) is 24.8 Å². The Morgan fingerprint density at radius 2 is 2.35 bits per heavy atom. The topological polar surface area (TPSA) is 47.3 Å². The van der Waals surface area contributed by atoms with Crippen molar-refractivity contribution in [1.82, 2.24) is 0 Å². The summed E-state index contributed by atoms with van der Waals surface area (Å²) >= 11 is 6.17. The Labute approximate surface area is 106 Å². The first kappa shape index (κ1) is 12.2. The summed E-state index contributed by atoms with van der Waals surface area (Å²) < 4.78 is 0. The van der Waals surface area contributed by atoms with Crippen molar-refractivity contribution in [3.05, 3.63) is 28.8 Å². The van der Waals surface area contributed by atoms with E-state index in [1.807, 2.05) is 6.07 Å². The Balaban J connectivity index is 2.22. The summed E-state index contributed by atoms with van der Waals surface area (Å²) in [6.45, 7) is 2.01. The molecule has 17 heavy (non-hydrogen) atoms. The van der Waals surface area contributed by atoms with Gasteiger partial charge in [0.2, 0.25) is 0 Å². The molecule has 1 aliphatic heterocycles. The zero-order valence-electron chi connectivity index (χ0n) is 9.56. The van der Waals surface area contributed by atoms with Crippen LogP contribution in [0.25, 0.3) is 0 Å². The fraction of sp³-hybridized carbons (Fsp3) is 0.462. The molecule has 0 amide bonds. The van der Waals surface area contributed by atoms with E-state index in [0.29, 0.717) is 16.5 Å². The van der Waals surface area contributed by atoms with E-state index in [0.717, 1.165) is 31.6 Å². The lowest BCUT2D eigenvalue weighted by Gasteiger charge is -2.21. The predicted octanol–water partition coefficient (Wildman–Crippen LogP) is 2.42. The van der Waals surface area contributed by atoms with Crippen molar-refractivity contribution < 1.29 is 5.11 Å². The van der Waals surface area contributed by atoms with Crippen LogP contribution in [0.5, 0.6) is 0 Å². The maximum Gasteiger partial charge on any atom is 0.101 e. The van der Waals surface area contributed by atoms with E-state index in [9.17, 15) is 0 Å². The van der Waals surface area contributed by atoms with Gasteiger partial charge in [-0.25, -0.2) is 0 Å². The molecular weight excluding hydrogens is 236 g/mol. The van der Waals surface area contributed by atoms with E-state index in [2.05, 4.69) is 11.0 Å². The number of nitrogens with zero attached hydrogens (tertiary/aromatic N) is 2. The number of nitriles is 1. The number of hydrogen-bond donors (Lipinski definition) is 1. The molecule has 1 N–H and O–H groups in total. The highest BCUT2D eigenvalue weighted by Crippen LogP contribution is 2.33. The molecule has 3 nitrogen and oxygen atoms in total. The van der Waals surface area contributed by atoms with Crippen molar-refractivity contribution in [2.75, 3.05) is 24.6 Å². The summed E-state index contributed by atoms with van der Waals surface area (Å²) in [5.74, 6) is 0.503. The molecule has 1 aromatic rings. The van der Waals surface area contributed by atoms with E-state index in [4.69, 9.17) is 22.0 Å². The van der Waals surface area contributed by atoms with Gasteiger partial charge in [0.1, 0.15) is 6.07 Å². The molecule has 90 valence electrons. The van der Waals surface area contributed by atoms with Crippen LogP contribution in [0, 0.1) is 17.2 Å². The number of halogens is 1. The van der Waals surface area contributed by atoms with Crippen molar-refractivity contribution in [3.8, 4) is 6.07 Å². The average Bonchev–Trinajstić information content (AvgIpc) is 2.77. The number of anilines is 1. The van der Waals surface area contributed by atoms with Gasteiger partial charge in [0, 0.05) is 19.7 Å². The van der Waals surface area contributed by atoms with E-state index in [-0.39, 0.29) is 6.61 Å². The number of hydrogen-bond acceptors (Lipinski definition) is 3. The molecule has 1 aliphatic rings. The van der Waals surface area contributed by atoms with Gasteiger partial charge in [-0.2, -0.15) is 5.26 Å². The normalized spacial score (nSPS) is 19.4. The summed E-state index contributed by atoms with van der Waals surface area (Å²) in [5.41, 5.74) is 1.47. The molecule has 0 spiro atoms. The minimum absolute atomic E-state index is 0.228. The third kappa shape index (κ3) is 2.54. The lowest BCUT2D eigenvalue weighted by atomic mass is 10.1. The van der Waals surface area contributed by atoms with Crippen molar-refractivity contribution in [3.63, 3.8) is 0 Å². The van der Waals surface area contributed by atoms with Gasteiger partial charge >= 0.3 is 0 Å². The molecule has 1 fully saturated rings. The van der Waals surface area contributed by atoms with Crippen LogP contribution < -0.4 is 4.90 Å². The van der Waals surface area contributed by atoms with Crippen molar-refractivity contribution >= 4 is 17.3 Å². The second-order valence-electron chi connectivity index (χ2n) is 4.36. The molecule has 0 bridgehead atoms. The first-order valence-electron chi connectivity index (χ1n) is 5.80. The van der Waals surface area contributed by atoms with Crippen LogP contribution >= 0.6 is 11.6 Å². The molecule has 0 aromatic heterocycles. The zero-order chi connectivity index (χ0) is 12.3. The number of aliphatic hydroxyl groups is 1. The molecule has 1 heterocycles. The molecular formula is C13H15ClN2O. The standard InChI is InChI=1S/C13H15ClN2O/c14-12-3-1-2-11(8-15)13(12)16-6-4-10(9-16)5-7-17/h1-3,10,17H,4-7,9H2. The SMILES string of the molecule is N#Cc1cccc(Cl)c1N1CCC(CCO)C1. The summed E-state index contributed by atoms with van der Waals surface area (Å²) in [4.78, 5) is 2.15. The summed E-state index contributed by atoms with van der Waals surface area (Å²) in [5, 5.41) is 18.7. The minimum Gasteiger partial charge on any atom is -0.396 e. The van der Waals surface area contributed by atoms with E-state index < -0.39 is 0 Å². The van der Waals surface area contributed by atoms with Crippen molar-refractivity contribution in [1.29, 1.82) is 5.26 Å². The Bertz CT molecular complexity index is 442. The van der Waals surface area contributed by atoms with Crippen molar-refractivity contribution in [2.24, 2.45) is 5.92 Å². The van der Waals surface area contributed by atoms with Crippen LogP contribution in [0.4, 0.5) is 5.69 Å². The summed E-state index contributed by atoms with van der Waals surface area (Å²) in [6.07, 6.45) is 1.87. The molecule has 4 heteroatoms. The van der Waals surface area contributed by atoms with Gasteiger partial charge in [0.25, 0.3) is 0 Å². The Morgan fingerprint density at radius 1 is 1.53 bits per heavy atom. The van der Waals surface area contributed by atoms with Gasteiger partial charge in [-0.05, 0) is 30.9 Å². The lowest BCUT2D eigenvalue weighted by Crippen LogP contribution is -2.21. The molecule has 1 atom stereocenters. The van der Waals surface area contributed by atoms with Gasteiger partial charge in [0.15, 0.2) is 0 Å². The molecule has 2 rings (SSSR count). The monoisotopic (exact) mass is 250 g/mol. The van der Waals surface area contributed by atoms with Gasteiger partial charge in [-0.1, -0.05) is 17.7 Å². The minimum atomic E-state index is 0.228. The maximum absolute atomic E-state index is 9.10. The fourth-order valence-corrected chi connectivity index (χ4v) is 2.67. The molecule has 0 aliphatic carbocycles. The molecule has 0 radical (unpaired) electrons. The van der Waals surface area contributed by atoms with E-state index in [1.165, 1.54) is 0 Å². The first-order chi connectivity index (χ1) is 8.26. The van der Waals surface area contributed by atoms with E-state index in [1.54, 1.807) is 12.1 Å². The number of benzene rings is 1. The molecule has 0 saturated carbocycles. The molecule has 1 saturated heterocycles. The fourth-order valence-electron chi connectivity index (χ4n) is 2.38. The highest BCUT2D eigenvalue weighted by atomic mass is 35.5. The Morgan fingerprint density at radius 3 is 3.06 bits per heavy atom. The number of rotatable bonds is 3. The highest BCUT2D eigenvalue weighted by Gasteiger charge is 2.25.